The smallest absolute Gasteiger partial charge is 0 e. The molecule has 0 aliphatic rings. The maximum absolute atomic E-state index is 3.86. The van der Waals surface area contributed by atoms with Crippen LogP contribution in [0, 0.1) is 0 Å². The van der Waals surface area contributed by atoms with Crippen LogP contribution in [0.5, 0.6) is 0 Å². The summed E-state index contributed by atoms with van der Waals surface area (Å²) >= 11 is 0. The van der Waals surface area contributed by atoms with Gasteiger partial charge in [0.1, 0.15) is 0 Å². The molecule has 67 valence electrons. The first-order chi connectivity index (χ1) is 4.68. The fraction of sp³-hybridized carbons (Fsp3) is 1.00. The molecule has 0 aromatic heterocycles. The van der Waals surface area contributed by atoms with Crippen LogP contribution in [0.2, 0.25) is 0 Å². The first-order valence-corrected chi connectivity index (χ1v) is 3.44. The normalized spacial score (nSPS) is 8.18. The zero-order valence-corrected chi connectivity index (χ0v) is 11.2. The average Bonchev–Trinajstić information content (AvgIpc) is 1.89. The maximum Gasteiger partial charge on any atom is 0 e. The minimum absolute atomic E-state index is 0. The van der Waals surface area contributed by atoms with E-state index in [2.05, 4.69) is 10.6 Å². The molecule has 0 aromatic rings. The fourth-order valence-corrected chi connectivity index (χ4v) is 0.283. The third-order valence-corrected chi connectivity index (χ3v) is 0.740. The summed E-state index contributed by atoms with van der Waals surface area (Å²) in [7, 11) is 7.60. The van der Waals surface area contributed by atoms with Gasteiger partial charge in [0.05, 0.1) is 0 Å². The Kier molecular flexibility index (Phi) is 28.0. The third kappa shape index (κ3) is 35.7. The van der Waals surface area contributed by atoms with Crippen LogP contribution in [0.1, 0.15) is 6.92 Å². The van der Waals surface area contributed by atoms with Gasteiger partial charge in [-0.25, -0.2) is 0 Å². The van der Waals surface area contributed by atoms with E-state index < -0.39 is 0 Å². The molecule has 1 radical (unpaired) electrons. The van der Waals surface area contributed by atoms with E-state index in [-0.39, 0.29) is 32.7 Å². The van der Waals surface area contributed by atoms with Crippen molar-refractivity contribution < 1.29 is 32.7 Å². The predicted octanol–water partition coefficient (Wildman–Crippen LogP) is 1.52. The van der Waals surface area contributed by atoms with Crippen molar-refractivity contribution in [2.75, 3.05) is 41.4 Å². The van der Waals surface area contributed by atoms with Gasteiger partial charge in [-0.2, -0.15) is 20.6 Å². The number of nitrogens with zero attached hydrogens (tertiary/aromatic N) is 3. The Morgan fingerprint density at radius 3 is 1.45 bits per heavy atom. The Hall–Kier alpha value is 0.984. The standard InChI is InChI=1S/C4H11N2.C3H8N.Y/c1-5-4-6(2)3;1-3-4-2;/h4H2,1-3H3;3H2,1-2H3;/q2*-1;. The van der Waals surface area contributed by atoms with Crippen LogP contribution in [-0.2, 0) is 32.7 Å². The van der Waals surface area contributed by atoms with Gasteiger partial charge in [0.25, 0.3) is 0 Å². The molecular weight excluding hydrogens is 215 g/mol. The van der Waals surface area contributed by atoms with E-state index in [4.69, 9.17) is 0 Å². The summed E-state index contributed by atoms with van der Waals surface area (Å²) in [6, 6.07) is 0. The molecule has 0 bridgehead atoms. The molecule has 0 heterocycles. The van der Waals surface area contributed by atoms with E-state index >= 15 is 0 Å². The molecule has 0 saturated carbocycles. The monoisotopic (exact) mass is 234 g/mol. The molecule has 0 unspecified atom stereocenters. The van der Waals surface area contributed by atoms with Crippen molar-refractivity contribution in [3.63, 3.8) is 0 Å². The van der Waals surface area contributed by atoms with Crippen molar-refractivity contribution in [2.45, 2.75) is 6.92 Å². The molecular formula is C7H19N3Y-2. The largest absolute Gasteiger partial charge is 0.665 e. The van der Waals surface area contributed by atoms with Crippen molar-refractivity contribution in [2.24, 2.45) is 0 Å². The second-order valence-corrected chi connectivity index (χ2v) is 2.17. The Morgan fingerprint density at radius 1 is 1.09 bits per heavy atom. The fourth-order valence-electron chi connectivity index (χ4n) is 0.283. The van der Waals surface area contributed by atoms with Crippen molar-refractivity contribution in [3.05, 3.63) is 10.6 Å². The molecule has 0 atom stereocenters. The molecule has 3 nitrogen and oxygen atoms in total. The summed E-state index contributed by atoms with van der Waals surface area (Å²) in [5, 5.41) is 7.60. The van der Waals surface area contributed by atoms with E-state index in [0.717, 1.165) is 13.2 Å². The van der Waals surface area contributed by atoms with Gasteiger partial charge in [0.2, 0.25) is 0 Å². The summed E-state index contributed by atoms with van der Waals surface area (Å²) in [6.07, 6.45) is 0. The van der Waals surface area contributed by atoms with Gasteiger partial charge in [0, 0.05) is 32.7 Å². The Balaban J connectivity index is -0.000000114. The molecule has 0 spiro atoms. The molecule has 0 N–H and O–H groups in total. The quantitative estimate of drug-likeness (QED) is 0.728. The van der Waals surface area contributed by atoms with Gasteiger partial charge in [0.15, 0.2) is 0 Å². The molecule has 0 fully saturated rings. The molecule has 0 saturated heterocycles. The Labute approximate surface area is 96.2 Å². The van der Waals surface area contributed by atoms with E-state index in [9.17, 15) is 0 Å². The summed E-state index contributed by atoms with van der Waals surface area (Å²) < 4.78 is 0. The van der Waals surface area contributed by atoms with Crippen molar-refractivity contribution in [3.8, 4) is 0 Å². The van der Waals surface area contributed by atoms with Crippen molar-refractivity contribution in [1.29, 1.82) is 0 Å². The van der Waals surface area contributed by atoms with Crippen LogP contribution in [0.4, 0.5) is 0 Å². The number of hydrogen-bond acceptors (Lipinski definition) is 1. The minimum atomic E-state index is 0. The second-order valence-electron chi connectivity index (χ2n) is 2.17. The molecule has 0 rings (SSSR count). The topological polar surface area (TPSA) is 31.4 Å². The van der Waals surface area contributed by atoms with Gasteiger partial charge in [-0.3, -0.25) is 0 Å². The number of rotatable bonds is 3. The summed E-state index contributed by atoms with van der Waals surface area (Å²) in [4.78, 5) is 2.01. The van der Waals surface area contributed by atoms with Crippen LogP contribution in [-0.4, -0.2) is 46.3 Å². The molecule has 0 amide bonds. The van der Waals surface area contributed by atoms with E-state index in [1.807, 2.05) is 25.9 Å². The number of hydrogen-bond donors (Lipinski definition) is 0. The van der Waals surface area contributed by atoms with Gasteiger partial charge >= 0.3 is 0 Å². The summed E-state index contributed by atoms with van der Waals surface area (Å²) in [5.41, 5.74) is 0. The Morgan fingerprint density at radius 2 is 1.45 bits per heavy atom. The van der Waals surface area contributed by atoms with E-state index in [1.165, 1.54) is 0 Å². The zero-order valence-electron chi connectivity index (χ0n) is 8.33. The van der Waals surface area contributed by atoms with Crippen molar-refractivity contribution in [1.82, 2.24) is 4.90 Å². The van der Waals surface area contributed by atoms with Gasteiger partial charge in [-0.05, 0) is 14.1 Å². The summed E-state index contributed by atoms with van der Waals surface area (Å²) in [6.45, 7) is 3.79. The minimum Gasteiger partial charge on any atom is -0.665 e. The molecule has 11 heavy (non-hydrogen) atoms. The Bertz CT molecular complexity index is 49.0. The van der Waals surface area contributed by atoms with Gasteiger partial charge in [-0.1, -0.05) is 13.6 Å². The first kappa shape index (κ1) is 17.9. The molecule has 0 aromatic carbocycles. The zero-order chi connectivity index (χ0) is 8.41. The first-order valence-electron chi connectivity index (χ1n) is 3.44. The van der Waals surface area contributed by atoms with Gasteiger partial charge in [-0.15, -0.1) is 0 Å². The van der Waals surface area contributed by atoms with Crippen LogP contribution in [0.25, 0.3) is 10.6 Å². The SMILES string of the molecule is CC[N-]C.C[N-]CN(C)C.[Y]. The van der Waals surface area contributed by atoms with Crippen LogP contribution < -0.4 is 0 Å². The van der Waals surface area contributed by atoms with Crippen LogP contribution >= 0.6 is 0 Å². The third-order valence-electron chi connectivity index (χ3n) is 0.740. The van der Waals surface area contributed by atoms with Crippen LogP contribution in [0.3, 0.4) is 0 Å². The van der Waals surface area contributed by atoms with Crippen LogP contribution in [0.15, 0.2) is 0 Å². The van der Waals surface area contributed by atoms with Gasteiger partial charge < -0.3 is 15.5 Å². The molecule has 0 aliphatic heterocycles. The average molecular weight is 234 g/mol. The maximum atomic E-state index is 3.86. The second kappa shape index (κ2) is 17.2. The molecule has 0 aliphatic carbocycles. The van der Waals surface area contributed by atoms with E-state index in [0.29, 0.717) is 0 Å². The van der Waals surface area contributed by atoms with Crippen molar-refractivity contribution >= 4 is 0 Å². The molecule has 4 heteroatoms. The predicted molar refractivity (Wildman–Crippen MR) is 47.7 cm³/mol. The van der Waals surface area contributed by atoms with E-state index in [1.54, 1.807) is 14.1 Å². The summed E-state index contributed by atoms with van der Waals surface area (Å²) in [5.74, 6) is 0.